The van der Waals surface area contributed by atoms with E-state index in [9.17, 15) is 4.39 Å². The predicted molar refractivity (Wildman–Crippen MR) is 51.5 cm³/mol. The number of ether oxygens (including phenoxy) is 2. The fraction of sp³-hybridized carbons (Fsp3) is 1.00. The van der Waals surface area contributed by atoms with Gasteiger partial charge in [0.15, 0.2) is 6.29 Å². The molecular formula is C10H21FO2. The largest absolute Gasteiger partial charge is 0.353 e. The fourth-order valence-electron chi connectivity index (χ4n) is 0.950. The van der Waals surface area contributed by atoms with E-state index < -0.39 is 0 Å². The Morgan fingerprint density at radius 3 is 2.08 bits per heavy atom. The van der Waals surface area contributed by atoms with Crippen molar-refractivity contribution < 1.29 is 13.9 Å². The lowest BCUT2D eigenvalue weighted by Crippen LogP contribution is -2.21. The normalized spacial score (nSPS) is 17.8. The first-order valence-corrected chi connectivity index (χ1v) is 5.10. The highest BCUT2D eigenvalue weighted by Crippen LogP contribution is 2.01. The molecule has 1 saturated heterocycles. The first-order valence-electron chi connectivity index (χ1n) is 5.10. The molecule has 0 aromatic heterocycles. The summed E-state index contributed by atoms with van der Waals surface area (Å²) in [5.41, 5.74) is 0. The van der Waals surface area contributed by atoms with Crippen LogP contribution in [0.4, 0.5) is 4.39 Å². The molecule has 0 spiro atoms. The summed E-state index contributed by atoms with van der Waals surface area (Å²) in [6, 6.07) is 0. The molecule has 1 rings (SSSR count). The molecule has 1 aliphatic rings. The fourth-order valence-corrected chi connectivity index (χ4v) is 0.950. The van der Waals surface area contributed by atoms with Gasteiger partial charge in [0, 0.05) is 0 Å². The third-order valence-corrected chi connectivity index (χ3v) is 1.73. The van der Waals surface area contributed by atoms with Crippen LogP contribution in [0.3, 0.4) is 0 Å². The van der Waals surface area contributed by atoms with Crippen LogP contribution in [-0.2, 0) is 9.47 Å². The summed E-state index contributed by atoms with van der Waals surface area (Å²) in [6.45, 7) is 5.56. The van der Waals surface area contributed by atoms with Crippen LogP contribution in [0, 0.1) is 0 Å². The standard InChI is InChI=1S/C5H11F.C5H10O2/c1-2-3-4-5-6;1-5-6-3-2-4-7-5/h2-5H2,1H3;5H,2-4H2,1H3. The Kier molecular flexibility index (Phi) is 9.82. The summed E-state index contributed by atoms with van der Waals surface area (Å²) in [4.78, 5) is 0. The van der Waals surface area contributed by atoms with Gasteiger partial charge in [-0.2, -0.15) is 0 Å². The molecule has 0 unspecified atom stereocenters. The van der Waals surface area contributed by atoms with Crippen molar-refractivity contribution in [1.29, 1.82) is 0 Å². The molecule has 2 nitrogen and oxygen atoms in total. The molecule has 3 heteroatoms. The summed E-state index contributed by atoms with van der Waals surface area (Å²) in [7, 11) is 0. The van der Waals surface area contributed by atoms with Crippen molar-refractivity contribution in [2.75, 3.05) is 19.9 Å². The molecule has 0 bridgehead atoms. The van der Waals surface area contributed by atoms with E-state index in [1.165, 1.54) is 0 Å². The molecule has 80 valence electrons. The van der Waals surface area contributed by atoms with Crippen molar-refractivity contribution in [2.24, 2.45) is 0 Å². The highest BCUT2D eigenvalue weighted by Gasteiger charge is 2.05. The van der Waals surface area contributed by atoms with Crippen LogP contribution in [-0.4, -0.2) is 26.2 Å². The molecule has 0 radical (unpaired) electrons. The first-order chi connectivity index (χ1) is 6.31. The molecule has 1 aliphatic heterocycles. The van der Waals surface area contributed by atoms with E-state index in [4.69, 9.17) is 9.47 Å². The molecule has 0 amide bonds. The zero-order chi connectivity index (χ0) is 9.94. The van der Waals surface area contributed by atoms with Crippen molar-refractivity contribution in [3.8, 4) is 0 Å². The average molecular weight is 192 g/mol. The Morgan fingerprint density at radius 1 is 1.23 bits per heavy atom. The highest BCUT2D eigenvalue weighted by molar-refractivity contribution is 4.42. The van der Waals surface area contributed by atoms with Gasteiger partial charge in [-0.05, 0) is 19.8 Å². The van der Waals surface area contributed by atoms with Crippen molar-refractivity contribution in [2.45, 2.75) is 45.8 Å². The monoisotopic (exact) mass is 192 g/mol. The highest BCUT2D eigenvalue weighted by atomic mass is 19.1. The van der Waals surface area contributed by atoms with Gasteiger partial charge in [0.05, 0.1) is 19.9 Å². The van der Waals surface area contributed by atoms with Gasteiger partial charge in [-0.3, -0.25) is 4.39 Å². The lowest BCUT2D eigenvalue weighted by Gasteiger charge is -2.18. The predicted octanol–water partition coefficient (Wildman–Crippen LogP) is 2.92. The molecule has 1 heterocycles. The molecule has 0 N–H and O–H groups in total. The Morgan fingerprint density at radius 2 is 1.85 bits per heavy atom. The van der Waals surface area contributed by atoms with E-state index in [1.54, 1.807) is 0 Å². The van der Waals surface area contributed by atoms with E-state index in [-0.39, 0.29) is 13.0 Å². The van der Waals surface area contributed by atoms with E-state index in [0.717, 1.165) is 38.9 Å². The average Bonchev–Trinajstić information content (AvgIpc) is 2.17. The topological polar surface area (TPSA) is 18.5 Å². The van der Waals surface area contributed by atoms with Gasteiger partial charge in [-0.25, -0.2) is 0 Å². The van der Waals surface area contributed by atoms with Crippen LogP contribution < -0.4 is 0 Å². The number of hydrogen-bond donors (Lipinski definition) is 0. The van der Waals surface area contributed by atoms with Gasteiger partial charge in [0.25, 0.3) is 0 Å². The SMILES string of the molecule is CC1OCCCO1.CCCCCF. The molecule has 0 saturated carbocycles. The Labute approximate surface area is 80.4 Å². The maximum absolute atomic E-state index is 11.2. The van der Waals surface area contributed by atoms with Crippen LogP contribution in [0.5, 0.6) is 0 Å². The number of alkyl halides is 1. The minimum absolute atomic E-state index is 0.0359. The van der Waals surface area contributed by atoms with Gasteiger partial charge < -0.3 is 9.47 Å². The second-order valence-corrected chi connectivity index (χ2v) is 3.06. The van der Waals surface area contributed by atoms with Crippen LogP contribution in [0.2, 0.25) is 0 Å². The minimum atomic E-state index is -0.145. The van der Waals surface area contributed by atoms with Gasteiger partial charge >= 0.3 is 0 Å². The zero-order valence-electron chi connectivity index (χ0n) is 8.72. The van der Waals surface area contributed by atoms with Crippen molar-refractivity contribution >= 4 is 0 Å². The lowest BCUT2D eigenvalue weighted by molar-refractivity contribution is -0.167. The summed E-state index contributed by atoms with van der Waals surface area (Å²) < 4.78 is 21.3. The molecule has 13 heavy (non-hydrogen) atoms. The summed E-state index contributed by atoms with van der Waals surface area (Å²) in [5, 5.41) is 0. The molecule has 1 fully saturated rings. The molecule has 0 atom stereocenters. The minimum Gasteiger partial charge on any atom is -0.353 e. The molecule has 0 aliphatic carbocycles. The summed E-state index contributed by atoms with van der Waals surface area (Å²) in [6.07, 6.45) is 3.98. The number of halogens is 1. The lowest BCUT2D eigenvalue weighted by atomic mass is 10.3. The van der Waals surface area contributed by atoms with Gasteiger partial charge in [0.2, 0.25) is 0 Å². The maximum Gasteiger partial charge on any atom is 0.154 e. The smallest absolute Gasteiger partial charge is 0.154 e. The number of hydrogen-bond acceptors (Lipinski definition) is 2. The molecule has 0 aromatic rings. The van der Waals surface area contributed by atoms with Gasteiger partial charge in [-0.1, -0.05) is 19.8 Å². The van der Waals surface area contributed by atoms with Crippen LogP contribution in [0.1, 0.15) is 39.5 Å². The number of rotatable bonds is 3. The zero-order valence-corrected chi connectivity index (χ0v) is 8.72. The van der Waals surface area contributed by atoms with Crippen LogP contribution >= 0.6 is 0 Å². The molecular weight excluding hydrogens is 171 g/mol. The second kappa shape index (κ2) is 9.93. The third-order valence-electron chi connectivity index (χ3n) is 1.73. The van der Waals surface area contributed by atoms with Crippen molar-refractivity contribution in [3.63, 3.8) is 0 Å². The van der Waals surface area contributed by atoms with E-state index in [2.05, 4.69) is 6.92 Å². The quantitative estimate of drug-likeness (QED) is 0.640. The van der Waals surface area contributed by atoms with E-state index >= 15 is 0 Å². The van der Waals surface area contributed by atoms with Crippen molar-refractivity contribution in [3.05, 3.63) is 0 Å². The van der Waals surface area contributed by atoms with Gasteiger partial charge in [-0.15, -0.1) is 0 Å². The van der Waals surface area contributed by atoms with E-state index in [1.807, 2.05) is 6.92 Å². The third kappa shape index (κ3) is 9.77. The van der Waals surface area contributed by atoms with E-state index in [0.29, 0.717) is 0 Å². The van der Waals surface area contributed by atoms with Crippen molar-refractivity contribution in [1.82, 2.24) is 0 Å². The van der Waals surface area contributed by atoms with Gasteiger partial charge in [0.1, 0.15) is 0 Å². The number of unbranched alkanes of at least 4 members (excludes halogenated alkanes) is 2. The van der Waals surface area contributed by atoms with Crippen LogP contribution in [0.25, 0.3) is 0 Å². The second-order valence-electron chi connectivity index (χ2n) is 3.06. The summed E-state index contributed by atoms with van der Waals surface area (Å²) >= 11 is 0. The summed E-state index contributed by atoms with van der Waals surface area (Å²) in [5.74, 6) is 0. The Hall–Kier alpha value is -0.150. The Bertz CT molecular complexity index is 88.9. The maximum atomic E-state index is 11.2. The molecule has 0 aromatic carbocycles. The Balaban J connectivity index is 0.000000226. The van der Waals surface area contributed by atoms with Crippen LogP contribution in [0.15, 0.2) is 0 Å². The first kappa shape index (κ1) is 12.8.